The molecule has 0 fully saturated rings. The van der Waals surface area contributed by atoms with Gasteiger partial charge in [-0.25, -0.2) is 9.48 Å². The highest BCUT2D eigenvalue weighted by Crippen LogP contribution is 2.37. The molecule has 0 saturated heterocycles. The Kier molecular flexibility index (Phi) is 8.93. The van der Waals surface area contributed by atoms with Crippen molar-refractivity contribution in [2.45, 2.75) is 57.8 Å². The average molecular weight is 527 g/mol. The largest absolute Gasteiger partial charge is 0.489 e. The van der Waals surface area contributed by atoms with Gasteiger partial charge in [0.15, 0.2) is 0 Å². The fourth-order valence-corrected chi connectivity index (χ4v) is 4.78. The van der Waals surface area contributed by atoms with Gasteiger partial charge in [-0.1, -0.05) is 67.9 Å². The zero-order chi connectivity index (χ0) is 25.5. The van der Waals surface area contributed by atoms with E-state index in [0.717, 1.165) is 47.6 Å². The third-order valence-electron chi connectivity index (χ3n) is 5.71. The Morgan fingerprint density at radius 1 is 1.17 bits per heavy atom. The van der Waals surface area contributed by atoms with Crippen molar-refractivity contribution in [2.24, 2.45) is 0 Å². The van der Waals surface area contributed by atoms with Gasteiger partial charge in [0.25, 0.3) is 0 Å². The van der Waals surface area contributed by atoms with Crippen LogP contribution in [0.25, 0.3) is 0 Å². The van der Waals surface area contributed by atoms with Gasteiger partial charge < -0.3 is 14.8 Å². The Bertz CT molecular complexity index is 1230. The van der Waals surface area contributed by atoms with Crippen molar-refractivity contribution in [3.8, 4) is 5.75 Å². The molecule has 1 unspecified atom stereocenters. The summed E-state index contributed by atoms with van der Waals surface area (Å²) in [5.41, 5.74) is 3.13. The Hall–Kier alpha value is -2.97. The first-order chi connectivity index (χ1) is 17.5. The maximum atomic E-state index is 13.2. The van der Waals surface area contributed by atoms with Gasteiger partial charge in [-0.15, -0.1) is 5.10 Å². The van der Waals surface area contributed by atoms with E-state index in [9.17, 15) is 4.79 Å². The molecule has 7 nitrogen and oxygen atoms in total. The van der Waals surface area contributed by atoms with E-state index in [4.69, 9.17) is 26.2 Å². The Morgan fingerprint density at radius 2 is 1.97 bits per heavy atom. The van der Waals surface area contributed by atoms with Crippen LogP contribution >= 0.6 is 23.4 Å². The first-order valence-corrected chi connectivity index (χ1v) is 13.6. The van der Waals surface area contributed by atoms with E-state index in [1.807, 2.05) is 55.5 Å². The van der Waals surface area contributed by atoms with Crippen LogP contribution in [0.15, 0.2) is 65.0 Å². The highest BCUT2D eigenvalue weighted by atomic mass is 35.5. The summed E-state index contributed by atoms with van der Waals surface area (Å²) in [6, 6.07) is 14.9. The zero-order valence-corrected chi connectivity index (χ0v) is 22.4. The monoisotopic (exact) mass is 526 g/mol. The van der Waals surface area contributed by atoms with E-state index in [-0.39, 0.29) is 5.97 Å². The molecule has 1 N–H and O–H groups in total. The summed E-state index contributed by atoms with van der Waals surface area (Å²) in [6.07, 6.45) is 2.80. The number of halogens is 1. The normalized spacial score (nSPS) is 14.8. The van der Waals surface area contributed by atoms with Crippen molar-refractivity contribution in [1.29, 1.82) is 0 Å². The number of benzene rings is 2. The topological polar surface area (TPSA) is 78.3 Å². The van der Waals surface area contributed by atoms with Crippen LogP contribution in [0.2, 0.25) is 5.02 Å². The van der Waals surface area contributed by atoms with Crippen molar-refractivity contribution in [3.05, 3.63) is 76.0 Å². The second-order valence-electron chi connectivity index (χ2n) is 8.55. The quantitative estimate of drug-likeness (QED) is 0.170. The number of carbonyl (C=O) groups excluding carboxylic acids is 1. The Balaban J connectivity index is 1.61. The van der Waals surface area contributed by atoms with Gasteiger partial charge in [0.05, 0.1) is 12.2 Å². The molecule has 190 valence electrons. The lowest BCUT2D eigenvalue weighted by Crippen LogP contribution is -2.29. The van der Waals surface area contributed by atoms with Crippen LogP contribution in [-0.4, -0.2) is 33.1 Å². The van der Waals surface area contributed by atoms with Gasteiger partial charge in [0, 0.05) is 16.5 Å². The van der Waals surface area contributed by atoms with Gasteiger partial charge >= 0.3 is 5.97 Å². The van der Waals surface area contributed by atoms with Crippen LogP contribution in [-0.2, 0) is 16.1 Å². The summed E-state index contributed by atoms with van der Waals surface area (Å²) >= 11 is 7.68. The minimum absolute atomic E-state index is 0.344. The van der Waals surface area contributed by atoms with Gasteiger partial charge in [0.1, 0.15) is 18.4 Å². The minimum Gasteiger partial charge on any atom is -0.489 e. The Morgan fingerprint density at radius 3 is 2.69 bits per heavy atom. The summed E-state index contributed by atoms with van der Waals surface area (Å²) in [5, 5.41) is 9.35. The molecule has 0 aliphatic carbocycles. The highest BCUT2D eigenvalue weighted by molar-refractivity contribution is 7.99. The molecular weight excluding hydrogens is 496 g/mol. The fourth-order valence-electron chi connectivity index (χ4n) is 3.89. The van der Waals surface area contributed by atoms with Gasteiger partial charge in [0.2, 0.25) is 11.1 Å². The molecule has 1 atom stereocenters. The molecule has 3 aromatic rings. The van der Waals surface area contributed by atoms with Gasteiger partial charge in [-0.2, -0.15) is 4.98 Å². The highest BCUT2D eigenvalue weighted by Gasteiger charge is 2.35. The first kappa shape index (κ1) is 26.1. The van der Waals surface area contributed by atoms with Crippen LogP contribution < -0.4 is 10.1 Å². The predicted molar refractivity (Wildman–Crippen MR) is 144 cm³/mol. The van der Waals surface area contributed by atoms with Crippen LogP contribution in [0.4, 0.5) is 5.95 Å². The Labute approximate surface area is 221 Å². The lowest BCUT2D eigenvalue weighted by Gasteiger charge is -2.28. The number of unbranched alkanes of at least 4 members (excludes halogenated alkanes) is 1. The van der Waals surface area contributed by atoms with Crippen molar-refractivity contribution in [2.75, 3.05) is 17.7 Å². The summed E-state index contributed by atoms with van der Waals surface area (Å²) in [4.78, 5) is 17.8. The molecule has 0 amide bonds. The number of carbonyl (C=O) groups is 1. The number of esters is 1. The summed E-state index contributed by atoms with van der Waals surface area (Å²) in [7, 11) is 0. The van der Waals surface area contributed by atoms with E-state index in [1.165, 1.54) is 0 Å². The SMILES string of the molecule is CCCCOC(=O)C1=C(C)Nc2nc(SCCC)nn2C1c1ccc(OCc2cccc(Cl)c2)cc1. The number of allylic oxidation sites excluding steroid dienone is 1. The lowest BCUT2D eigenvalue weighted by molar-refractivity contribution is -0.139. The van der Waals surface area contributed by atoms with E-state index in [0.29, 0.717) is 34.9 Å². The minimum atomic E-state index is -0.458. The van der Waals surface area contributed by atoms with Crippen LogP contribution in [0.3, 0.4) is 0 Å². The molecule has 4 rings (SSSR count). The number of thioether (sulfide) groups is 1. The molecule has 1 aliphatic heterocycles. The zero-order valence-electron chi connectivity index (χ0n) is 20.8. The third-order valence-corrected chi connectivity index (χ3v) is 6.99. The molecule has 0 spiro atoms. The fraction of sp³-hybridized carbons (Fsp3) is 0.370. The second-order valence-corrected chi connectivity index (χ2v) is 10.1. The lowest BCUT2D eigenvalue weighted by atomic mass is 9.96. The van der Waals surface area contributed by atoms with Crippen molar-refractivity contribution < 1.29 is 14.3 Å². The van der Waals surface area contributed by atoms with Crippen LogP contribution in [0, 0.1) is 0 Å². The third kappa shape index (κ3) is 6.23. The predicted octanol–water partition coefficient (Wildman–Crippen LogP) is 6.64. The summed E-state index contributed by atoms with van der Waals surface area (Å²) < 4.78 is 13.3. The number of rotatable bonds is 11. The number of hydrogen-bond donors (Lipinski definition) is 1. The van der Waals surface area contributed by atoms with Crippen molar-refractivity contribution in [3.63, 3.8) is 0 Å². The molecule has 1 aliphatic rings. The average Bonchev–Trinajstić information content (AvgIpc) is 3.28. The number of nitrogens with zero attached hydrogens (tertiary/aromatic N) is 3. The molecule has 0 bridgehead atoms. The molecule has 1 aromatic heterocycles. The van der Waals surface area contributed by atoms with Gasteiger partial charge in [-0.05, 0) is 55.2 Å². The van der Waals surface area contributed by atoms with Crippen LogP contribution in [0.5, 0.6) is 5.75 Å². The molecule has 0 saturated carbocycles. The van der Waals surface area contributed by atoms with Crippen molar-refractivity contribution >= 4 is 35.3 Å². The van der Waals surface area contributed by atoms with Crippen LogP contribution in [0.1, 0.15) is 57.2 Å². The number of fused-ring (bicyclic) bond motifs is 1. The molecule has 36 heavy (non-hydrogen) atoms. The molecule has 9 heteroatoms. The maximum absolute atomic E-state index is 13.2. The first-order valence-electron chi connectivity index (χ1n) is 12.2. The molecular formula is C27H31ClN4O3S. The van der Waals surface area contributed by atoms with Gasteiger partial charge in [-0.3, -0.25) is 0 Å². The van der Waals surface area contributed by atoms with Crippen molar-refractivity contribution in [1.82, 2.24) is 14.8 Å². The standard InChI is InChI=1S/C27H31ClN4O3S/c1-4-6-14-34-25(33)23-18(3)29-26-30-27(36-15-5-2)31-32(26)24(23)20-10-12-22(13-11-20)35-17-19-8-7-9-21(28)16-19/h7-13,16,24H,4-6,14-15,17H2,1-3H3,(H,29,30,31). The number of anilines is 1. The second kappa shape index (κ2) is 12.3. The number of ether oxygens (including phenoxy) is 2. The summed E-state index contributed by atoms with van der Waals surface area (Å²) in [5.74, 6) is 1.91. The van der Waals surface area contributed by atoms with E-state index < -0.39 is 6.04 Å². The molecule has 0 radical (unpaired) electrons. The summed E-state index contributed by atoms with van der Waals surface area (Å²) in [6.45, 7) is 6.86. The smallest absolute Gasteiger partial charge is 0.338 e. The number of nitrogens with one attached hydrogen (secondary N) is 1. The maximum Gasteiger partial charge on any atom is 0.338 e. The van der Waals surface area contributed by atoms with E-state index in [1.54, 1.807) is 16.4 Å². The number of hydrogen-bond acceptors (Lipinski definition) is 7. The number of aromatic nitrogens is 3. The molecule has 2 aromatic carbocycles. The van der Waals surface area contributed by atoms with E-state index >= 15 is 0 Å². The van der Waals surface area contributed by atoms with E-state index in [2.05, 4.69) is 24.1 Å². The molecule has 2 heterocycles.